The summed E-state index contributed by atoms with van der Waals surface area (Å²) in [6, 6.07) is 3.57. The highest BCUT2D eigenvalue weighted by atomic mass is 16.5. The van der Waals surface area contributed by atoms with E-state index in [0.717, 1.165) is 18.4 Å². The molecule has 0 N–H and O–H groups in total. The molecule has 8 nitrogen and oxygen atoms in total. The maximum absolute atomic E-state index is 11.5. The fourth-order valence-electron chi connectivity index (χ4n) is 2.05. The number of ether oxygens (including phenoxy) is 1. The molecule has 0 aliphatic carbocycles. The van der Waals surface area contributed by atoms with Crippen molar-refractivity contribution in [3.8, 4) is 17.3 Å². The zero-order chi connectivity index (χ0) is 16.2. The summed E-state index contributed by atoms with van der Waals surface area (Å²) in [5.74, 6) is 1.20. The number of aryl methyl sites for hydroxylation is 1. The van der Waals surface area contributed by atoms with E-state index in [1.54, 1.807) is 29.1 Å². The van der Waals surface area contributed by atoms with Gasteiger partial charge in [-0.3, -0.25) is 4.57 Å². The molecule has 3 aromatic rings. The molecule has 0 radical (unpaired) electrons. The second-order valence-electron chi connectivity index (χ2n) is 4.83. The molecule has 23 heavy (non-hydrogen) atoms. The first kappa shape index (κ1) is 14.9. The lowest BCUT2D eigenvalue weighted by atomic mass is 10.2. The van der Waals surface area contributed by atoms with Crippen molar-refractivity contribution in [2.45, 2.75) is 19.8 Å². The van der Waals surface area contributed by atoms with Gasteiger partial charge in [-0.15, -0.1) is 0 Å². The van der Waals surface area contributed by atoms with E-state index in [2.05, 4.69) is 31.8 Å². The third kappa shape index (κ3) is 3.10. The van der Waals surface area contributed by atoms with Crippen molar-refractivity contribution in [3.63, 3.8) is 0 Å². The highest BCUT2D eigenvalue weighted by Gasteiger charge is 2.13. The highest BCUT2D eigenvalue weighted by Crippen LogP contribution is 2.19. The average Bonchev–Trinajstić information content (AvgIpc) is 3.24. The summed E-state index contributed by atoms with van der Waals surface area (Å²) in [5.41, 5.74) is 0.959. The minimum atomic E-state index is -0.499. The number of carbonyl (C=O) groups is 1. The number of hydrogen-bond donors (Lipinski definition) is 0. The third-order valence-electron chi connectivity index (χ3n) is 3.18. The molecule has 0 saturated carbocycles. The fraction of sp³-hybridized carbons (Fsp3) is 0.267. The molecule has 0 unspecified atom stereocenters. The summed E-state index contributed by atoms with van der Waals surface area (Å²) in [4.78, 5) is 24.1. The van der Waals surface area contributed by atoms with Crippen LogP contribution in [0, 0.1) is 0 Å². The lowest BCUT2D eigenvalue weighted by Gasteiger charge is -2.01. The number of aromatic nitrogens is 5. The van der Waals surface area contributed by atoms with E-state index >= 15 is 0 Å². The number of rotatable bonds is 5. The summed E-state index contributed by atoms with van der Waals surface area (Å²) >= 11 is 0. The van der Waals surface area contributed by atoms with Crippen LogP contribution in [-0.2, 0) is 11.2 Å². The lowest BCUT2D eigenvalue weighted by molar-refractivity contribution is 0.0594. The molecule has 118 valence electrons. The summed E-state index contributed by atoms with van der Waals surface area (Å²) in [6.45, 7) is 2.05. The number of esters is 1. The van der Waals surface area contributed by atoms with Gasteiger partial charge in [0.2, 0.25) is 0 Å². The van der Waals surface area contributed by atoms with Gasteiger partial charge in [-0.2, -0.15) is 4.98 Å². The van der Waals surface area contributed by atoms with Gasteiger partial charge in [0.05, 0.1) is 7.11 Å². The van der Waals surface area contributed by atoms with Crippen LogP contribution in [0.15, 0.2) is 35.4 Å². The Bertz CT molecular complexity index is 824. The number of carbonyl (C=O) groups excluding carboxylic acids is 1. The van der Waals surface area contributed by atoms with Crippen LogP contribution in [-0.4, -0.2) is 37.8 Å². The van der Waals surface area contributed by atoms with Gasteiger partial charge in [-0.05, 0) is 18.6 Å². The molecule has 0 aromatic carbocycles. The van der Waals surface area contributed by atoms with Crippen LogP contribution in [0.5, 0.6) is 0 Å². The molecule has 3 aromatic heterocycles. The van der Waals surface area contributed by atoms with E-state index in [9.17, 15) is 4.79 Å². The SMILES string of the molecule is CCCc1noc(-c2ccnc(-n3cnc(C(=O)OC)c3)c2)n1. The Morgan fingerprint density at radius 3 is 3.04 bits per heavy atom. The van der Waals surface area contributed by atoms with Crippen LogP contribution in [0.1, 0.15) is 29.7 Å². The average molecular weight is 313 g/mol. The van der Waals surface area contributed by atoms with Crippen molar-refractivity contribution in [1.82, 2.24) is 24.7 Å². The van der Waals surface area contributed by atoms with Crippen molar-refractivity contribution >= 4 is 5.97 Å². The van der Waals surface area contributed by atoms with Crippen LogP contribution in [0.4, 0.5) is 0 Å². The quantitative estimate of drug-likeness (QED) is 0.665. The Labute approximate surface area is 132 Å². The van der Waals surface area contributed by atoms with Crippen LogP contribution in [0.25, 0.3) is 17.3 Å². The molecule has 0 aliphatic heterocycles. The van der Waals surface area contributed by atoms with Crippen molar-refractivity contribution in [1.29, 1.82) is 0 Å². The minimum Gasteiger partial charge on any atom is -0.464 e. The Balaban J connectivity index is 1.90. The van der Waals surface area contributed by atoms with E-state index in [-0.39, 0.29) is 5.69 Å². The lowest BCUT2D eigenvalue weighted by Crippen LogP contribution is -2.01. The predicted molar refractivity (Wildman–Crippen MR) is 80.0 cm³/mol. The molecule has 0 spiro atoms. The summed E-state index contributed by atoms with van der Waals surface area (Å²) in [5, 5.41) is 3.94. The molecule has 0 fully saturated rings. The second kappa shape index (κ2) is 6.39. The monoisotopic (exact) mass is 313 g/mol. The van der Waals surface area contributed by atoms with Crippen molar-refractivity contribution in [2.24, 2.45) is 0 Å². The number of pyridine rings is 1. The first-order valence-electron chi connectivity index (χ1n) is 7.13. The first-order valence-corrected chi connectivity index (χ1v) is 7.13. The van der Waals surface area contributed by atoms with E-state index < -0.39 is 5.97 Å². The van der Waals surface area contributed by atoms with Gasteiger partial charge in [0.15, 0.2) is 11.5 Å². The molecule has 0 atom stereocenters. The molecule has 0 amide bonds. The predicted octanol–water partition coefficient (Wildman–Crippen LogP) is 2.06. The molecule has 3 rings (SSSR count). The number of methoxy groups -OCH3 is 1. The van der Waals surface area contributed by atoms with Crippen LogP contribution < -0.4 is 0 Å². The van der Waals surface area contributed by atoms with Gasteiger partial charge in [-0.1, -0.05) is 12.1 Å². The number of nitrogens with zero attached hydrogens (tertiary/aromatic N) is 5. The van der Waals surface area contributed by atoms with Crippen LogP contribution in [0.3, 0.4) is 0 Å². The Morgan fingerprint density at radius 2 is 2.26 bits per heavy atom. The van der Waals surface area contributed by atoms with Gasteiger partial charge in [0, 0.05) is 24.4 Å². The van der Waals surface area contributed by atoms with Gasteiger partial charge < -0.3 is 9.26 Å². The maximum atomic E-state index is 11.5. The molecular formula is C15H15N5O3. The van der Waals surface area contributed by atoms with Crippen molar-refractivity contribution in [3.05, 3.63) is 42.4 Å². The van der Waals surface area contributed by atoms with Crippen LogP contribution >= 0.6 is 0 Å². The smallest absolute Gasteiger partial charge is 0.358 e. The molecule has 3 heterocycles. The van der Waals surface area contributed by atoms with Gasteiger partial charge in [-0.25, -0.2) is 14.8 Å². The fourth-order valence-corrected chi connectivity index (χ4v) is 2.05. The second-order valence-corrected chi connectivity index (χ2v) is 4.83. The number of hydrogen-bond acceptors (Lipinski definition) is 7. The first-order chi connectivity index (χ1) is 11.2. The third-order valence-corrected chi connectivity index (χ3v) is 3.18. The maximum Gasteiger partial charge on any atom is 0.358 e. The van der Waals surface area contributed by atoms with E-state index in [1.807, 2.05) is 0 Å². The normalized spacial score (nSPS) is 10.7. The molecule has 0 aliphatic rings. The molecular weight excluding hydrogens is 298 g/mol. The zero-order valence-electron chi connectivity index (χ0n) is 12.8. The van der Waals surface area contributed by atoms with E-state index in [0.29, 0.717) is 17.5 Å². The topological polar surface area (TPSA) is 95.9 Å². The molecule has 0 saturated heterocycles. The standard InChI is InChI=1S/C15H15N5O3/c1-3-4-12-18-14(23-19-12)10-5-6-16-13(7-10)20-8-11(17-9-20)15(21)22-2/h5-9H,3-4H2,1-2H3. The summed E-state index contributed by atoms with van der Waals surface area (Å²) < 4.78 is 11.5. The van der Waals surface area contributed by atoms with Crippen LogP contribution in [0.2, 0.25) is 0 Å². The Morgan fingerprint density at radius 1 is 1.39 bits per heavy atom. The highest BCUT2D eigenvalue weighted by molar-refractivity contribution is 5.86. The Kier molecular flexibility index (Phi) is 4.13. The Hall–Kier alpha value is -3.03. The van der Waals surface area contributed by atoms with Gasteiger partial charge in [0.25, 0.3) is 5.89 Å². The van der Waals surface area contributed by atoms with Gasteiger partial charge in [0.1, 0.15) is 12.1 Å². The molecule has 8 heteroatoms. The van der Waals surface area contributed by atoms with Gasteiger partial charge >= 0.3 is 5.97 Å². The van der Waals surface area contributed by atoms with E-state index in [1.165, 1.54) is 13.4 Å². The number of imidazole rings is 1. The van der Waals surface area contributed by atoms with Crippen molar-refractivity contribution < 1.29 is 14.1 Å². The minimum absolute atomic E-state index is 0.211. The zero-order valence-corrected chi connectivity index (χ0v) is 12.8. The molecule has 0 bridgehead atoms. The summed E-state index contributed by atoms with van der Waals surface area (Å²) in [7, 11) is 1.31. The van der Waals surface area contributed by atoms with Crippen molar-refractivity contribution in [2.75, 3.05) is 7.11 Å². The van der Waals surface area contributed by atoms with E-state index in [4.69, 9.17) is 4.52 Å². The largest absolute Gasteiger partial charge is 0.464 e. The summed E-state index contributed by atoms with van der Waals surface area (Å²) in [6.07, 6.45) is 6.40.